The van der Waals surface area contributed by atoms with Crippen molar-refractivity contribution in [1.29, 1.82) is 0 Å². The Morgan fingerprint density at radius 1 is 1.25 bits per heavy atom. The van der Waals surface area contributed by atoms with Crippen molar-refractivity contribution >= 4 is 17.3 Å². The maximum absolute atomic E-state index is 13.6. The zero-order valence-electron chi connectivity index (χ0n) is 9.47. The maximum atomic E-state index is 13.6. The second kappa shape index (κ2) is 5.05. The van der Waals surface area contributed by atoms with Crippen LogP contribution in [0.1, 0.15) is 32.6 Å². The predicted molar refractivity (Wildman–Crippen MR) is 66.5 cm³/mol. The third kappa shape index (κ3) is 2.67. The minimum absolute atomic E-state index is 0.189. The predicted octanol–water partition coefficient (Wildman–Crippen LogP) is 4.47. The molecule has 0 radical (unpaired) electrons. The van der Waals surface area contributed by atoms with Crippen LogP contribution in [0, 0.1) is 11.7 Å². The van der Waals surface area contributed by atoms with Gasteiger partial charge in [-0.05, 0) is 43.7 Å². The van der Waals surface area contributed by atoms with Crippen LogP contribution >= 0.6 is 11.6 Å². The molecule has 1 aromatic carbocycles. The van der Waals surface area contributed by atoms with E-state index in [4.69, 9.17) is 11.6 Å². The molecule has 1 saturated carbocycles. The zero-order valence-corrected chi connectivity index (χ0v) is 10.2. The molecular weight excluding hydrogens is 225 g/mol. The van der Waals surface area contributed by atoms with E-state index >= 15 is 0 Å². The van der Waals surface area contributed by atoms with E-state index in [0.717, 1.165) is 18.8 Å². The lowest BCUT2D eigenvalue weighted by Gasteiger charge is -2.27. The molecule has 1 N–H and O–H groups in total. The summed E-state index contributed by atoms with van der Waals surface area (Å²) in [5.74, 6) is 0.477. The molecule has 1 aliphatic carbocycles. The van der Waals surface area contributed by atoms with Gasteiger partial charge in [0.1, 0.15) is 0 Å². The standard InChI is InChI=1S/C13H17ClFN/c1-9-5-7-10(8-6-9)16-12-4-2-3-11(14)13(12)15/h2-4,9-10,16H,5-8H2,1H3. The molecule has 0 amide bonds. The lowest BCUT2D eigenvalue weighted by molar-refractivity contribution is 0.360. The average molecular weight is 242 g/mol. The number of hydrogen-bond donors (Lipinski definition) is 1. The second-order valence-electron chi connectivity index (χ2n) is 4.70. The van der Waals surface area contributed by atoms with Crippen LogP contribution in [-0.2, 0) is 0 Å². The van der Waals surface area contributed by atoms with Crippen molar-refractivity contribution in [3.05, 3.63) is 29.0 Å². The van der Waals surface area contributed by atoms with Crippen molar-refractivity contribution in [1.82, 2.24) is 0 Å². The number of nitrogens with one attached hydrogen (secondary N) is 1. The van der Waals surface area contributed by atoms with Gasteiger partial charge in [0.05, 0.1) is 10.7 Å². The van der Waals surface area contributed by atoms with Gasteiger partial charge in [0.15, 0.2) is 5.82 Å². The van der Waals surface area contributed by atoms with Gasteiger partial charge in [-0.15, -0.1) is 0 Å². The Labute approximate surface area is 101 Å². The van der Waals surface area contributed by atoms with E-state index in [1.165, 1.54) is 12.8 Å². The summed E-state index contributed by atoms with van der Waals surface area (Å²) in [7, 11) is 0. The summed E-state index contributed by atoms with van der Waals surface area (Å²) in [4.78, 5) is 0. The van der Waals surface area contributed by atoms with Crippen molar-refractivity contribution in [3.63, 3.8) is 0 Å². The second-order valence-corrected chi connectivity index (χ2v) is 5.11. The number of rotatable bonds is 2. The summed E-state index contributed by atoms with van der Waals surface area (Å²) in [6.45, 7) is 2.27. The van der Waals surface area contributed by atoms with Crippen LogP contribution in [-0.4, -0.2) is 6.04 Å². The highest BCUT2D eigenvalue weighted by atomic mass is 35.5. The van der Waals surface area contributed by atoms with Gasteiger partial charge in [-0.3, -0.25) is 0 Å². The molecule has 1 aromatic rings. The van der Waals surface area contributed by atoms with Gasteiger partial charge in [0.2, 0.25) is 0 Å². The van der Waals surface area contributed by atoms with Crippen LogP contribution in [0.15, 0.2) is 18.2 Å². The first kappa shape index (κ1) is 11.7. The first-order valence-corrected chi connectivity index (χ1v) is 6.25. The van der Waals surface area contributed by atoms with Crippen molar-refractivity contribution < 1.29 is 4.39 Å². The number of halogens is 2. The highest BCUT2D eigenvalue weighted by Crippen LogP contribution is 2.28. The molecule has 1 nitrogen and oxygen atoms in total. The van der Waals surface area contributed by atoms with E-state index in [1.54, 1.807) is 18.2 Å². The van der Waals surface area contributed by atoms with Crippen LogP contribution in [0.5, 0.6) is 0 Å². The molecule has 1 aliphatic rings. The molecule has 1 fully saturated rings. The number of benzene rings is 1. The molecule has 0 spiro atoms. The van der Waals surface area contributed by atoms with Gasteiger partial charge >= 0.3 is 0 Å². The van der Waals surface area contributed by atoms with Crippen molar-refractivity contribution in [2.75, 3.05) is 5.32 Å². The molecule has 0 aliphatic heterocycles. The van der Waals surface area contributed by atoms with Crippen LogP contribution in [0.2, 0.25) is 5.02 Å². The summed E-state index contributed by atoms with van der Waals surface area (Å²) in [5, 5.41) is 3.44. The van der Waals surface area contributed by atoms with Crippen LogP contribution in [0.25, 0.3) is 0 Å². The number of anilines is 1. The molecule has 3 heteroatoms. The first-order chi connectivity index (χ1) is 7.66. The Morgan fingerprint density at radius 2 is 1.94 bits per heavy atom. The smallest absolute Gasteiger partial charge is 0.164 e. The highest BCUT2D eigenvalue weighted by Gasteiger charge is 2.19. The Balaban J connectivity index is 2.01. The van der Waals surface area contributed by atoms with E-state index in [2.05, 4.69) is 12.2 Å². The van der Waals surface area contributed by atoms with Gasteiger partial charge in [-0.1, -0.05) is 24.6 Å². The molecule has 0 unspecified atom stereocenters. The van der Waals surface area contributed by atoms with E-state index in [0.29, 0.717) is 11.7 Å². The Bertz CT molecular complexity index is 359. The molecule has 0 aromatic heterocycles. The van der Waals surface area contributed by atoms with Crippen LogP contribution in [0.4, 0.5) is 10.1 Å². The van der Waals surface area contributed by atoms with Gasteiger partial charge in [0.25, 0.3) is 0 Å². The van der Waals surface area contributed by atoms with Gasteiger partial charge in [-0.25, -0.2) is 4.39 Å². The molecule has 0 saturated heterocycles. The molecule has 0 atom stereocenters. The zero-order chi connectivity index (χ0) is 11.5. The van der Waals surface area contributed by atoms with E-state index in [1.807, 2.05) is 0 Å². The monoisotopic (exact) mass is 241 g/mol. The average Bonchev–Trinajstić information content (AvgIpc) is 2.28. The molecule has 88 valence electrons. The van der Waals surface area contributed by atoms with Crippen molar-refractivity contribution in [3.8, 4) is 0 Å². The third-order valence-electron chi connectivity index (χ3n) is 3.33. The molecule has 2 rings (SSSR count). The minimum atomic E-state index is -0.331. The summed E-state index contributed by atoms with van der Waals surface area (Å²) in [6, 6.07) is 5.49. The maximum Gasteiger partial charge on any atom is 0.164 e. The topological polar surface area (TPSA) is 12.0 Å². The van der Waals surface area contributed by atoms with E-state index in [-0.39, 0.29) is 10.8 Å². The molecular formula is C13H17ClFN. The van der Waals surface area contributed by atoms with Gasteiger partial charge < -0.3 is 5.32 Å². The van der Waals surface area contributed by atoms with Crippen molar-refractivity contribution in [2.45, 2.75) is 38.6 Å². The fraction of sp³-hybridized carbons (Fsp3) is 0.538. The summed E-state index contributed by atoms with van der Waals surface area (Å²) in [5.41, 5.74) is 0.534. The van der Waals surface area contributed by atoms with Crippen LogP contribution in [0.3, 0.4) is 0 Å². The fourth-order valence-corrected chi connectivity index (χ4v) is 2.41. The Hall–Kier alpha value is -0.760. The van der Waals surface area contributed by atoms with Gasteiger partial charge in [-0.2, -0.15) is 0 Å². The fourth-order valence-electron chi connectivity index (χ4n) is 2.24. The van der Waals surface area contributed by atoms with E-state index in [9.17, 15) is 4.39 Å². The Morgan fingerprint density at radius 3 is 2.62 bits per heavy atom. The molecule has 0 bridgehead atoms. The lowest BCUT2D eigenvalue weighted by atomic mass is 9.87. The third-order valence-corrected chi connectivity index (χ3v) is 3.62. The normalized spacial score (nSPS) is 25.4. The molecule has 0 heterocycles. The largest absolute Gasteiger partial charge is 0.380 e. The van der Waals surface area contributed by atoms with Gasteiger partial charge in [0, 0.05) is 6.04 Å². The van der Waals surface area contributed by atoms with Crippen LogP contribution < -0.4 is 5.32 Å². The number of hydrogen-bond acceptors (Lipinski definition) is 1. The Kier molecular flexibility index (Phi) is 3.70. The highest BCUT2D eigenvalue weighted by molar-refractivity contribution is 6.31. The minimum Gasteiger partial charge on any atom is -0.380 e. The van der Waals surface area contributed by atoms with Crippen molar-refractivity contribution in [2.24, 2.45) is 5.92 Å². The summed E-state index contributed by atoms with van der Waals surface area (Å²) in [6.07, 6.45) is 4.68. The quantitative estimate of drug-likeness (QED) is 0.806. The molecule has 16 heavy (non-hydrogen) atoms. The SMILES string of the molecule is CC1CCC(Nc2cccc(Cl)c2F)CC1. The summed E-state index contributed by atoms with van der Waals surface area (Å²) < 4.78 is 13.6. The first-order valence-electron chi connectivity index (χ1n) is 5.87. The summed E-state index contributed by atoms with van der Waals surface area (Å²) >= 11 is 5.74. The van der Waals surface area contributed by atoms with E-state index < -0.39 is 0 Å². The lowest BCUT2D eigenvalue weighted by Crippen LogP contribution is -2.25.